The molecule has 4 nitrogen and oxygen atoms in total. The summed E-state index contributed by atoms with van der Waals surface area (Å²) in [5, 5.41) is 1.41. The van der Waals surface area contributed by atoms with E-state index in [0.29, 0.717) is 23.5 Å². The Morgan fingerprint density at radius 2 is 2.04 bits per heavy atom. The van der Waals surface area contributed by atoms with Crippen LogP contribution in [-0.2, 0) is 6.54 Å². The van der Waals surface area contributed by atoms with Crippen LogP contribution in [0.3, 0.4) is 0 Å². The summed E-state index contributed by atoms with van der Waals surface area (Å²) in [5.74, 6) is 0.879. The topological polar surface area (TPSA) is 52.0 Å². The summed E-state index contributed by atoms with van der Waals surface area (Å²) in [5.41, 5.74) is 1.75. The molecule has 0 saturated carbocycles. The van der Waals surface area contributed by atoms with Crippen LogP contribution in [0, 0.1) is 13.8 Å². The monoisotopic (exact) mass is 398 g/mol. The first-order chi connectivity index (χ1) is 13.0. The number of hydrogen-bond acceptors (Lipinski definition) is 5. The molecule has 140 valence electrons. The molecule has 0 radical (unpaired) electrons. The number of fused-ring (bicyclic) bond motifs is 1. The van der Waals surface area contributed by atoms with Crippen LogP contribution in [0.15, 0.2) is 52.9 Å². The zero-order chi connectivity index (χ0) is 19.4. The molecule has 0 fully saturated rings. The number of carbonyl (C=O) groups excluding carboxylic acids is 1. The second kappa shape index (κ2) is 8.67. The van der Waals surface area contributed by atoms with Crippen molar-refractivity contribution in [3.8, 4) is 0 Å². The lowest BCUT2D eigenvalue weighted by Gasteiger charge is -2.10. The van der Waals surface area contributed by atoms with Crippen molar-refractivity contribution in [3.05, 3.63) is 69.3 Å². The average molecular weight is 399 g/mol. The van der Waals surface area contributed by atoms with Crippen LogP contribution >= 0.6 is 23.1 Å². The van der Waals surface area contributed by atoms with Gasteiger partial charge in [-0.05, 0) is 25.8 Å². The van der Waals surface area contributed by atoms with E-state index < -0.39 is 0 Å². The molecule has 2 heterocycles. The quantitative estimate of drug-likeness (QED) is 0.176. The molecule has 0 bridgehead atoms. The first-order valence-corrected chi connectivity index (χ1v) is 10.7. The number of carbonyl (C=O) groups is 1. The van der Waals surface area contributed by atoms with Crippen molar-refractivity contribution in [1.82, 2.24) is 9.55 Å². The number of rotatable bonds is 8. The summed E-state index contributed by atoms with van der Waals surface area (Å²) in [7, 11) is 0. The number of hydrogen-bond donors (Lipinski definition) is 0. The van der Waals surface area contributed by atoms with Gasteiger partial charge in [-0.25, -0.2) is 4.98 Å². The molecule has 0 aliphatic rings. The highest BCUT2D eigenvalue weighted by atomic mass is 32.2. The Morgan fingerprint density at radius 3 is 2.74 bits per heavy atom. The van der Waals surface area contributed by atoms with Crippen molar-refractivity contribution < 1.29 is 4.79 Å². The summed E-state index contributed by atoms with van der Waals surface area (Å²) in [6.07, 6.45) is 2.94. The number of benzene rings is 1. The number of nitrogens with zero attached hydrogens (tertiary/aromatic N) is 2. The van der Waals surface area contributed by atoms with Gasteiger partial charge in [0.2, 0.25) is 0 Å². The maximum Gasteiger partial charge on any atom is 0.263 e. The largest absolute Gasteiger partial charge is 0.294 e. The number of thioether (sulfide) groups is 1. The molecule has 6 heteroatoms. The van der Waals surface area contributed by atoms with Gasteiger partial charge >= 0.3 is 0 Å². The second-order valence-corrected chi connectivity index (χ2v) is 8.57. The molecule has 0 unspecified atom stereocenters. The van der Waals surface area contributed by atoms with Gasteiger partial charge in [-0.15, -0.1) is 17.9 Å². The Bertz CT molecular complexity index is 1040. The Morgan fingerprint density at radius 1 is 1.30 bits per heavy atom. The van der Waals surface area contributed by atoms with E-state index in [9.17, 15) is 9.59 Å². The van der Waals surface area contributed by atoms with E-state index in [2.05, 4.69) is 6.58 Å². The molecule has 0 aliphatic carbocycles. The summed E-state index contributed by atoms with van der Waals surface area (Å²) in [6, 6.07) is 9.34. The predicted molar refractivity (Wildman–Crippen MR) is 114 cm³/mol. The standard InChI is InChI=1S/C21H22N2O2S2/c1-4-12-23-20(25)18-14(2)15(3)27-19(18)22-21(23)26-13-8-11-17(24)16-9-6-5-7-10-16/h4-7,9-10H,1,8,11-13H2,2-3H3. The highest BCUT2D eigenvalue weighted by Crippen LogP contribution is 2.28. The van der Waals surface area contributed by atoms with E-state index in [1.807, 2.05) is 44.2 Å². The lowest BCUT2D eigenvalue weighted by Crippen LogP contribution is -2.22. The number of Topliss-reactive ketones (excluding diaryl/α,β-unsaturated/α-hetero) is 1. The number of thiophene rings is 1. The van der Waals surface area contributed by atoms with E-state index in [1.165, 1.54) is 11.8 Å². The van der Waals surface area contributed by atoms with E-state index in [1.54, 1.807) is 22.0 Å². The Labute approximate surface area is 167 Å². The van der Waals surface area contributed by atoms with Gasteiger partial charge in [0.1, 0.15) is 4.83 Å². The van der Waals surface area contributed by atoms with Crippen LogP contribution in [0.25, 0.3) is 10.2 Å². The zero-order valence-electron chi connectivity index (χ0n) is 15.5. The molecule has 0 amide bonds. The summed E-state index contributed by atoms with van der Waals surface area (Å²) >= 11 is 3.08. The Hall–Kier alpha value is -2.18. The van der Waals surface area contributed by atoms with E-state index >= 15 is 0 Å². The lowest BCUT2D eigenvalue weighted by atomic mass is 10.1. The number of aromatic nitrogens is 2. The fourth-order valence-electron chi connectivity index (χ4n) is 2.87. The van der Waals surface area contributed by atoms with Gasteiger partial charge in [0.05, 0.1) is 5.39 Å². The third-order valence-corrected chi connectivity index (χ3v) is 6.60. The molecule has 3 aromatic rings. The maximum absolute atomic E-state index is 12.9. The fraction of sp³-hybridized carbons (Fsp3) is 0.286. The van der Waals surface area contributed by atoms with Gasteiger partial charge in [-0.3, -0.25) is 14.2 Å². The Kier molecular flexibility index (Phi) is 6.29. The second-order valence-electron chi connectivity index (χ2n) is 6.30. The third-order valence-electron chi connectivity index (χ3n) is 4.44. The minimum atomic E-state index is -0.00962. The van der Waals surface area contributed by atoms with Crippen molar-refractivity contribution in [2.75, 3.05) is 5.75 Å². The normalized spacial score (nSPS) is 11.0. The highest BCUT2D eigenvalue weighted by molar-refractivity contribution is 7.99. The first-order valence-electron chi connectivity index (χ1n) is 8.85. The summed E-state index contributed by atoms with van der Waals surface area (Å²) < 4.78 is 1.68. The lowest BCUT2D eigenvalue weighted by molar-refractivity contribution is 0.0982. The van der Waals surface area contributed by atoms with Crippen molar-refractivity contribution in [3.63, 3.8) is 0 Å². The molecule has 0 N–H and O–H groups in total. The van der Waals surface area contributed by atoms with Crippen molar-refractivity contribution >= 4 is 39.1 Å². The first kappa shape index (κ1) is 19.6. The van der Waals surface area contributed by atoms with Crippen molar-refractivity contribution in [1.29, 1.82) is 0 Å². The maximum atomic E-state index is 12.9. The minimum Gasteiger partial charge on any atom is -0.294 e. The molecule has 0 atom stereocenters. The molecule has 0 spiro atoms. The molecule has 27 heavy (non-hydrogen) atoms. The summed E-state index contributed by atoms with van der Waals surface area (Å²) in [4.78, 5) is 31.8. The molecular weight excluding hydrogens is 376 g/mol. The smallest absolute Gasteiger partial charge is 0.263 e. The molecule has 0 aliphatic heterocycles. The van der Waals surface area contributed by atoms with E-state index in [4.69, 9.17) is 4.98 Å². The van der Waals surface area contributed by atoms with Crippen LogP contribution in [0.1, 0.15) is 33.6 Å². The van der Waals surface area contributed by atoms with Crippen molar-refractivity contribution in [2.24, 2.45) is 0 Å². The minimum absolute atomic E-state index is 0.00962. The van der Waals surface area contributed by atoms with Crippen LogP contribution in [-0.4, -0.2) is 21.1 Å². The Balaban J connectivity index is 1.74. The van der Waals surface area contributed by atoms with Gasteiger partial charge in [-0.1, -0.05) is 48.2 Å². The van der Waals surface area contributed by atoms with Crippen LogP contribution in [0.2, 0.25) is 0 Å². The zero-order valence-corrected chi connectivity index (χ0v) is 17.2. The molecule has 0 saturated heterocycles. The van der Waals surface area contributed by atoms with Gasteiger partial charge < -0.3 is 0 Å². The van der Waals surface area contributed by atoms with Gasteiger partial charge in [0.15, 0.2) is 10.9 Å². The highest BCUT2D eigenvalue weighted by Gasteiger charge is 2.16. The number of aryl methyl sites for hydroxylation is 2. The average Bonchev–Trinajstić information content (AvgIpc) is 2.96. The molecule has 2 aromatic heterocycles. The van der Waals surface area contributed by atoms with Crippen LogP contribution in [0.4, 0.5) is 0 Å². The SMILES string of the molecule is C=CCn1c(SCCCC(=O)c2ccccc2)nc2sc(C)c(C)c2c1=O. The van der Waals surface area contributed by atoms with Crippen LogP contribution < -0.4 is 5.56 Å². The predicted octanol–water partition coefficient (Wildman–Crippen LogP) is 5.02. The summed E-state index contributed by atoms with van der Waals surface area (Å²) in [6.45, 7) is 8.18. The van der Waals surface area contributed by atoms with E-state index in [-0.39, 0.29) is 11.3 Å². The van der Waals surface area contributed by atoms with E-state index in [0.717, 1.165) is 33.0 Å². The van der Waals surface area contributed by atoms with Gasteiger partial charge in [-0.2, -0.15) is 0 Å². The van der Waals surface area contributed by atoms with Crippen molar-refractivity contribution in [2.45, 2.75) is 38.4 Å². The fourth-order valence-corrected chi connectivity index (χ4v) is 4.89. The van der Waals surface area contributed by atoms with Crippen LogP contribution in [0.5, 0.6) is 0 Å². The molecular formula is C21H22N2O2S2. The van der Waals surface area contributed by atoms with Gasteiger partial charge in [0, 0.05) is 29.2 Å². The van der Waals surface area contributed by atoms with Gasteiger partial charge in [0.25, 0.3) is 5.56 Å². The number of ketones is 1. The molecule has 3 rings (SSSR count). The molecule has 1 aromatic carbocycles. The number of allylic oxidation sites excluding steroid dienone is 1. The third kappa shape index (κ3) is 4.22.